The van der Waals surface area contributed by atoms with Crippen LogP contribution in [0.5, 0.6) is 11.5 Å². The number of piperazine rings is 1. The van der Waals surface area contributed by atoms with Crippen molar-refractivity contribution in [2.75, 3.05) is 50.6 Å². The molecule has 2 aromatic carbocycles. The number of amides is 2. The van der Waals surface area contributed by atoms with Crippen LogP contribution in [0.15, 0.2) is 36.4 Å². The number of urea groups is 1. The SMILES string of the molecule is COc1cc(N2CCN(C(=O)Nc3ccccc3F)CC2)c(OC)cc1Cl. The second kappa shape index (κ2) is 8.35. The van der Waals surface area contributed by atoms with Crippen molar-refractivity contribution in [1.82, 2.24) is 4.90 Å². The molecule has 2 amide bonds. The Kier molecular flexibility index (Phi) is 5.91. The first-order chi connectivity index (χ1) is 13.0. The molecule has 2 aromatic rings. The number of nitrogens with zero attached hydrogens (tertiary/aromatic N) is 2. The zero-order chi connectivity index (χ0) is 19.4. The normalized spacial score (nSPS) is 14.1. The average Bonchev–Trinajstić information content (AvgIpc) is 2.69. The summed E-state index contributed by atoms with van der Waals surface area (Å²) in [6.45, 7) is 2.19. The van der Waals surface area contributed by atoms with E-state index in [1.807, 2.05) is 6.07 Å². The third-order valence-corrected chi connectivity index (χ3v) is 4.77. The average molecular weight is 394 g/mol. The first-order valence-corrected chi connectivity index (χ1v) is 8.88. The molecule has 1 saturated heterocycles. The van der Waals surface area contributed by atoms with Crippen LogP contribution in [-0.2, 0) is 0 Å². The number of rotatable bonds is 4. The van der Waals surface area contributed by atoms with E-state index in [-0.39, 0.29) is 11.7 Å². The van der Waals surface area contributed by atoms with Gasteiger partial charge in [-0.2, -0.15) is 0 Å². The van der Waals surface area contributed by atoms with E-state index in [1.54, 1.807) is 37.3 Å². The summed E-state index contributed by atoms with van der Waals surface area (Å²) in [4.78, 5) is 16.2. The van der Waals surface area contributed by atoms with Crippen molar-refractivity contribution in [3.63, 3.8) is 0 Å². The van der Waals surface area contributed by atoms with Gasteiger partial charge in [0.25, 0.3) is 0 Å². The van der Waals surface area contributed by atoms with Crippen molar-refractivity contribution in [2.45, 2.75) is 0 Å². The summed E-state index contributed by atoms with van der Waals surface area (Å²) >= 11 is 6.16. The van der Waals surface area contributed by atoms with Crippen LogP contribution in [0.3, 0.4) is 0 Å². The largest absolute Gasteiger partial charge is 0.495 e. The van der Waals surface area contributed by atoms with Gasteiger partial charge >= 0.3 is 6.03 Å². The number of para-hydroxylation sites is 1. The Morgan fingerprint density at radius 3 is 2.37 bits per heavy atom. The summed E-state index contributed by atoms with van der Waals surface area (Å²) in [5, 5.41) is 3.09. The number of hydrogen-bond donors (Lipinski definition) is 1. The number of carbonyl (C=O) groups excluding carboxylic acids is 1. The maximum Gasteiger partial charge on any atom is 0.322 e. The first kappa shape index (κ1) is 19.1. The van der Waals surface area contributed by atoms with Crippen LogP contribution in [0, 0.1) is 5.82 Å². The number of ether oxygens (including phenoxy) is 2. The molecule has 1 heterocycles. The smallest absolute Gasteiger partial charge is 0.322 e. The summed E-state index contributed by atoms with van der Waals surface area (Å²) in [6.07, 6.45) is 0. The van der Waals surface area contributed by atoms with Crippen LogP contribution in [0.4, 0.5) is 20.6 Å². The van der Waals surface area contributed by atoms with E-state index in [1.165, 1.54) is 12.1 Å². The van der Waals surface area contributed by atoms with Crippen LogP contribution in [0.25, 0.3) is 0 Å². The number of anilines is 2. The maximum atomic E-state index is 13.7. The highest BCUT2D eigenvalue weighted by Gasteiger charge is 2.24. The Hall–Kier alpha value is -2.67. The molecule has 8 heteroatoms. The highest BCUT2D eigenvalue weighted by atomic mass is 35.5. The van der Waals surface area contributed by atoms with Gasteiger partial charge in [-0.1, -0.05) is 23.7 Å². The predicted octanol–water partition coefficient (Wildman–Crippen LogP) is 3.85. The molecule has 0 bridgehead atoms. The molecule has 1 fully saturated rings. The van der Waals surface area contributed by atoms with E-state index >= 15 is 0 Å². The quantitative estimate of drug-likeness (QED) is 0.857. The zero-order valence-corrected chi connectivity index (χ0v) is 15.9. The van der Waals surface area contributed by atoms with Crippen molar-refractivity contribution < 1.29 is 18.7 Å². The van der Waals surface area contributed by atoms with Gasteiger partial charge in [0.15, 0.2) is 0 Å². The van der Waals surface area contributed by atoms with E-state index in [9.17, 15) is 9.18 Å². The molecule has 0 aromatic heterocycles. The van der Waals surface area contributed by atoms with Gasteiger partial charge in [-0.25, -0.2) is 9.18 Å². The lowest BCUT2D eigenvalue weighted by atomic mass is 10.2. The molecular formula is C19H21ClFN3O3. The summed E-state index contributed by atoms with van der Waals surface area (Å²) in [6, 6.07) is 9.33. The van der Waals surface area contributed by atoms with Gasteiger partial charge in [-0.05, 0) is 12.1 Å². The third kappa shape index (κ3) is 4.19. The van der Waals surface area contributed by atoms with Gasteiger partial charge in [-0.15, -0.1) is 0 Å². The molecule has 0 radical (unpaired) electrons. The van der Waals surface area contributed by atoms with E-state index in [2.05, 4.69) is 10.2 Å². The molecule has 1 N–H and O–H groups in total. The fourth-order valence-corrected chi connectivity index (χ4v) is 3.23. The minimum atomic E-state index is -0.456. The van der Waals surface area contributed by atoms with E-state index in [0.29, 0.717) is 42.7 Å². The lowest BCUT2D eigenvalue weighted by Crippen LogP contribution is -2.50. The van der Waals surface area contributed by atoms with Crippen LogP contribution < -0.4 is 19.7 Å². The Bertz CT molecular complexity index is 826. The van der Waals surface area contributed by atoms with Gasteiger partial charge in [-0.3, -0.25) is 0 Å². The molecule has 0 aliphatic carbocycles. The monoisotopic (exact) mass is 393 g/mol. The zero-order valence-electron chi connectivity index (χ0n) is 15.2. The van der Waals surface area contributed by atoms with Gasteiger partial charge in [0.2, 0.25) is 0 Å². The van der Waals surface area contributed by atoms with E-state index in [4.69, 9.17) is 21.1 Å². The molecule has 1 aliphatic rings. The molecule has 0 unspecified atom stereocenters. The number of benzene rings is 2. The topological polar surface area (TPSA) is 54.0 Å². The number of methoxy groups -OCH3 is 2. The number of carbonyl (C=O) groups is 1. The van der Waals surface area contributed by atoms with Crippen molar-refractivity contribution in [1.29, 1.82) is 0 Å². The number of nitrogens with one attached hydrogen (secondary N) is 1. The molecule has 1 aliphatic heterocycles. The lowest BCUT2D eigenvalue weighted by molar-refractivity contribution is 0.208. The standard InChI is InChI=1S/C19H21ClFN3O3/c1-26-17-12-16(18(27-2)11-13(17)20)23-7-9-24(10-8-23)19(25)22-15-6-4-3-5-14(15)21/h3-6,11-12H,7-10H2,1-2H3,(H,22,25). The highest BCUT2D eigenvalue weighted by Crippen LogP contribution is 2.38. The van der Waals surface area contributed by atoms with E-state index in [0.717, 1.165) is 5.69 Å². The van der Waals surface area contributed by atoms with Crippen LogP contribution in [0.1, 0.15) is 0 Å². The molecular weight excluding hydrogens is 373 g/mol. The van der Waals surface area contributed by atoms with Crippen molar-refractivity contribution >= 4 is 29.0 Å². The fraction of sp³-hybridized carbons (Fsp3) is 0.316. The molecule has 27 heavy (non-hydrogen) atoms. The van der Waals surface area contributed by atoms with E-state index < -0.39 is 5.82 Å². The Morgan fingerprint density at radius 1 is 1.07 bits per heavy atom. The van der Waals surface area contributed by atoms with Crippen LogP contribution in [0.2, 0.25) is 5.02 Å². The van der Waals surface area contributed by atoms with Gasteiger partial charge in [0.05, 0.1) is 30.6 Å². The second-order valence-corrected chi connectivity index (χ2v) is 6.45. The highest BCUT2D eigenvalue weighted by molar-refractivity contribution is 6.32. The summed E-state index contributed by atoms with van der Waals surface area (Å²) in [5.74, 6) is 0.750. The van der Waals surface area contributed by atoms with Crippen molar-refractivity contribution in [3.05, 3.63) is 47.2 Å². The van der Waals surface area contributed by atoms with Crippen LogP contribution >= 0.6 is 11.6 Å². The Balaban J connectivity index is 1.67. The summed E-state index contributed by atoms with van der Waals surface area (Å²) in [5.41, 5.74) is 1.03. The minimum absolute atomic E-state index is 0.175. The molecule has 6 nitrogen and oxygen atoms in total. The molecule has 144 valence electrons. The summed E-state index contributed by atoms with van der Waals surface area (Å²) < 4.78 is 24.4. The van der Waals surface area contributed by atoms with Gasteiger partial charge in [0, 0.05) is 38.3 Å². The maximum absolute atomic E-state index is 13.7. The molecule has 0 saturated carbocycles. The molecule has 0 spiro atoms. The van der Waals surface area contributed by atoms with Crippen molar-refractivity contribution in [2.24, 2.45) is 0 Å². The third-order valence-electron chi connectivity index (χ3n) is 4.48. The summed E-state index contributed by atoms with van der Waals surface area (Å²) in [7, 11) is 3.14. The van der Waals surface area contributed by atoms with Crippen molar-refractivity contribution in [3.8, 4) is 11.5 Å². The molecule has 0 atom stereocenters. The lowest BCUT2D eigenvalue weighted by Gasteiger charge is -2.36. The van der Waals surface area contributed by atoms with Gasteiger partial charge in [0.1, 0.15) is 17.3 Å². The first-order valence-electron chi connectivity index (χ1n) is 8.50. The fourth-order valence-electron chi connectivity index (χ4n) is 3.00. The number of hydrogen-bond acceptors (Lipinski definition) is 4. The molecule has 3 rings (SSSR count). The minimum Gasteiger partial charge on any atom is -0.495 e. The van der Waals surface area contributed by atoms with Gasteiger partial charge < -0.3 is 24.6 Å². The second-order valence-electron chi connectivity index (χ2n) is 6.04. The predicted molar refractivity (Wildman–Crippen MR) is 104 cm³/mol. The Morgan fingerprint density at radius 2 is 1.74 bits per heavy atom. The van der Waals surface area contributed by atoms with Crippen LogP contribution in [-0.4, -0.2) is 51.3 Å². The Labute approximate surface area is 162 Å². The number of halogens is 2.